The SMILES string of the molecule is CC(C)CNCc1cccc(N2CCCC2(C)C)n1. The highest BCUT2D eigenvalue weighted by molar-refractivity contribution is 5.43. The Bertz CT molecular complexity index is 412. The summed E-state index contributed by atoms with van der Waals surface area (Å²) < 4.78 is 0. The third-order valence-corrected chi connectivity index (χ3v) is 3.83. The standard InChI is InChI=1S/C16H27N3/c1-13(2)11-17-12-14-7-5-8-15(18-14)19-10-6-9-16(19,3)4/h5,7-8,13,17H,6,9-12H2,1-4H3. The molecule has 1 aromatic rings. The Morgan fingerprint density at radius 1 is 1.37 bits per heavy atom. The van der Waals surface area contributed by atoms with Crippen molar-refractivity contribution in [3.8, 4) is 0 Å². The van der Waals surface area contributed by atoms with E-state index in [9.17, 15) is 0 Å². The van der Waals surface area contributed by atoms with Gasteiger partial charge in [-0.2, -0.15) is 0 Å². The van der Waals surface area contributed by atoms with Crippen molar-refractivity contribution in [3.05, 3.63) is 23.9 Å². The number of rotatable bonds is 5. The first kappa shape index (κ1) is 14.3. The van der Waals surface area contributed by atoms with E-state index in [1.165, 1.54) is 12.8 Å². The van der Waals surface area contributed by atoms with Crippen molar-refractivity contribution < 1.29 is 0 Å². The van der Waals surface area contributed by atoms with Gasteiger partial charge in [-0.05, 0) is 51.3 Å². The quantitative estimate of drug-likeness (QED) is 0.882. The van der Waals surface area contributed by atoms with Crippen LogP contribution < -0.4 is 10.2 Å². The molecule has 0 saturated carbocycles. The van der Waals surface area contributed by atoms with Crippen LogP contribution in [-0.4, -0.2) is 23.6 Å². The van der Waals surface area contributed by atoms with Crippen LogP contribution >= 0.6 is 0 Å². The van der Waals surface area contributed by atoms with Gasteiger partial charge in [0.15, 0.2) is 0 Å². The molecule has 0 atom stereocenters. The summed E-state index contributed by atoms with van der Waals surface area (Å²) in [4.78, 5) is 7.25. The molecule has 1 aliphatic rings. The minimum atomic E-state index is 0.247. The van der Waals surface area contributed by atoms with E-state index in [0.717, 1.165) is 31.1 Å². The van der Waals surface area contributed by atoms with Crippen LogP contribution in [0.3, 0.4) is 0 Å². The second-order valence-corrected chi connectivity index (χ2v) is 6.58. The molecule has 1 saturated heterocycles. The molecule has 2 heterocycles. The first-order chi connectivity index (χ1) is 8.99. The first-order valence-electron chi connectivity index (χ1n) is 7.43. The number of aromatic nitrogens is 1. The van der Waals surface area contributed by atoms with Crippen LogP contribution in [0.15, 0.2) is 18.2 Å². The summed E-state index contributed by atoms with van der Waals surface area (Å²) >= 11 is 0. The molecule has 1 aliphatic heterocycles. The van der Waals surface area contributed by atoms with Crippen LogP contribution in [0.1, 0.15) is 46.2 Å². The third-order valence-electron chi connectivity index (χ3n) is 3.83. The Kier molecular flexibility index (Phi) is 4.46. The topological polar surface area (TPSA) is 28.2 Å². The van der Waals surface area contributed by atoms with E-state index in [1.807, 2.05) is 0 Å². The van der Waals surface area contributed by atoms with Crippen molar-refractivity contribution in [1.82, 2.24) is 10.3 Å². The Hall–Kier alpha value is -1.09. The lowest BCUT2D eigenvalue weighted by Crippen LogP contribution is -2.38. The van der Waals surface area contributed by atoms with Crippen molar-refractivity contribution in [3.63, 3.8) is 0 Å². The molecular weight excluding hydrogens is 234 g/mol. The van der Waals surface area contributed by atoms with Crippen LogP contribution in [-0.2, 0) is 6.54 Å². The highest BCUT2D eigenvalue weighted by Crippen LogP contribution is 2.32. The second kappa shape index (κ2) is 5.91. The Balaban J connectivity index is 2.03. The third kappa shape index (κ3) is 3.69. The monoisotopic (exact) mass is 261 g/mol. The Labute approximate surface area is 117 Å². The van der Waals surface area contributed by atoms with Gasteiger partial charge >= 0.3 is 0 Å². The fraction of sp³-hybridized carbons (Fsp3) is 0.688. The van der Waals surface area contributed by atoms with Gasteiger partial charge in [0.25, 0.3) is 0 Å². The number of pyridine rings is 1. The predicted molar refractivity (Wildman–Crippen MR) is 81.4 cm³/mol. The van der Waals surface area contributed by atoms with E-state index >= 15 is 0 Å². The molecule has 19 heavy (non-hydrogen) atoms. The van der Waals surface area contributed by atoms with Gasteiger partial charge in [0, 0.05) is 18.6 Å². The smallest absolute Gasteiger partial charge is 0.129 e. The zero-order chi connectivity index (χ0) is 13.9. The highest BCUT2D eigenvalue weighted by atomic mass is 15.3. The minimum absolute atomic E-state index is 0.247. The highest BCUT2D eigenvalue weighted by Gasteiger charge is 2.32. The van der Waals surface area contributed by atoms with Gasteiger partial charge < -0.3 is 10.2 Å². The van der Waals surface area contributed by atoms with E-state index in [4.69, 9.17) is 4.98 Å². The maximum Gasteiger partial charge on any atom is 0.129 e. The fourth-order valence-electron chi connectivity index (χ4n) is 2.74. The molecule has 106 valence electrons. The zero-order valence-electron chi connectivity index (χ0n) is 12.7. The van der Waals surface area contributed by atoms with E-state index in [0.29, 0.717) is 5.92 Å². The molecule has 0 radical (unpaired) electrons. The lowest BCUT2D eigenvalue weighted by atomic mass is 10.0. The molecule has 1 fully saturated rings. The van der Waals surface area contributed by atoms with Crippen LogP contribution in [0.4, 0.5) is 5.82 Å². The Morgan fingerprint density at radius 3 is 2.79 bits per heavy atom. The number of nitrogens with one attached hydrogen (secondary N) is 1. The molecule has 0 amide bonds. The number of anilines is 1. The molecule has 2 rings (SSSR count). The molecule has 0 aliphatic carbocycles. The van der Waals surface area contributed by atoms with Gasteiger partial charge in [-0.15, -0.1) is 0 Å². The molecule has 0 unspecified atom stereocenters. The molecule has 0 aromatic carbocycles. The molecule has 3 heteroatoms. The summed E-state index contributed by atoms with van der Waals surface area (Å²) in [6.07, 6.45) is 2.52. The molecule has 1 N–H and O–H groups in total. The van der Waals surface area contributed by atoms with Gasteiger partial charge in [-0.3, -0.25) is 0 Å². The maximum atomic E-state index is 4.81. The molecule has 3 nitrogen and oxygen atoms in total. The van der Waals surface area contributed by atoms with Crippen molar-refractivity contribution in [2.75, 3.05) is 18.0 Å². The summed E-state index contributed by atoms with van der Waals surface area (Å²) in [5.41, 5.74) is 1.39. The van der Waals surface area contributed by atoms with Crippen molar-refractivity contribution in [2.24, 2.45) is 5.92 Å². The average Bonchev–Trinajstić information content (AvgIpc) is 2.69. The van der Waals surface area contributed by atoms with Crippen LogP contribution in [0, 0.1) is 5.92 Å². The van der Waals surface area contributed by atoms with Gasteiger partial charge in [0.2, 0.25) is 0 Å². The summed E-state index contributed by atoms with van der Waals surface area (Å²) in [5, 5.41) is 3.46. The van der Waals surface area contributed by atoms with Gasteiger partial charge in [-0.25, -0.2) is 4.98 Å². The predicted octanol–water partition coefficient (Wildman–Crippen LogP) is 3.21. The van der Waals surface area contributed by atoms with Gasteiger partial charge in [0.1, 0.15) is 5.82 Å². The summed E-state index contributed by atoms with van der Waals surface area (Å²) in [5.74, 6) is 1.81. The van der Waals surface area contributed by atoms with Crippen molar-refractivity contribution in [1.29, 1.82) is 0 Å². The van der Waals surface area contributed by atoms with Gasteiger partial charge in [0.05, 0.1) is 5.69 Å². The fourth-order valence-corrected chi connectivity index (χ4v) is 2.74. The number of hydrogen-bond donors (Lipinski definition) is 1. The second-order valence-electron chi connectivity index (χ2n) is 6.58. The minimum Gasteiger partial charge on any atom is -0.351 e. The molecule has 1 aromatic heterocycles. The van der Waals surface area contributed by atoms with E-state index in [1.54, 1.807) is 0 Å². The molecule has 0 bridgehead atoms. The number of nitrogens with zero attached hydrogens (tertiary/aromatic N) is 2. The van der Waals surface area contributed by atoms with Gasteiger partial charge in [-0.1, -0.05) is 19.9 Å². The first-order valence-corrected chi connectivity index (χ1v) is 7.43. The largest absolute Gasteiger partial charge is 0.351 e. The van der Waals surface area contributed by atoms with Crippen LogP contribution in [0.2, 0.25) is 0 Å². The summed E-state index contributed by atoms with van der Waals surface area (Å²) in [7, 11) is 0. The van der Waals surface area contributed by atoms with E-state index in [2.05, 4.69) is 56.1 Å². The van der Waals surface area contributed by atoms with Crippen LogP contribution in [0.5, 0.6) is 0 Å². The van der Waals surface area contributed by atoms with Crippen molar-refractivity contribution in [2.45, 2.75) is 52.6 Å². The van der Waals surface area contributed by atoms with E-state index in [-0.39, 0.29) is 5.54 Å². The average molecular weight is 261 g/mol. The summed E-state index contributed by atoms with van der Waals surface area (Å²) in [6.45, 7) is 12.1. The van der Waals surface area contributed by atoms with Crippen LogP contribution in [0.25, 0.3) is 0 Å². The maximum absolute atomic E-state index is 4.81. The molecule has 0 spiro atoms. The lowest BCUT2D eigenvalue weighted by Gasteiger charge is -2.32. The summed E-state index contributed by atoms with van der Waals surface area (Å²) in [6, 6.07) is 6.38. The zero-order valence-corrected chi connectivity index (χ0v) is 12.7. The van der Waals surface area contributed by atoms with E-state index < -0.39 is 0 Å². The Morgan fingerprint density at radius 2 is 2.16 bits per heavy atom. The lowest BCUT2D eigenvalue weighted by molar-refractivity contribution is 0.512. The normalized spacial score (nSPS) is 18.3. The van der Waals surface area contributed by atoms with Crippen molar-refractivity contribution >= 4 is 5.82 Å². The molecular formula is C16H27N3. The number of hydrogen-bond acceptors (Lipinski definition) is 3.